The van der Waals surface area contributed by atoms with Crippen LogP contribution >= 0.6 is 0 Å². The van der Waals surface area contributed by atoms with E-state index in [1.807, 2.05) is 12.1 Å². The van der Waals surface area contributed by atoms with Crippen LogP contribution in [0.5, 0.6) is 11.5 Å². The van der Waals surface area contributed by atoms with E-state index in [0.29, 0.717) is 0 Å². The van der Waals surface area contributed by atoms with Crippen molar-refractivity contribution in [1.82, 2.24) is 0 Å². The molecule has 0 bridgehead atoms. The van der Waals surface area contributed by atoms with E-state index in [0.717, 1.165) is 72.6 Å². The third kappa shape index (κ3) is 5.67. The van der Waals surface area contributed by atoms with Gasteiger partial charge in [0.25, 0.3) is 0 Å². The highest BCUT2D eigenvalue weighted by Gasteiger charge is 2.31. The molecule has 0 radical (unpaired) electrons. The largest absolute Gasteiger partial charge is 0.456 e. The summed E-state index contributed by atoms with van der Waals surface area (Å²) in [6.45, 7) is 2.24. The van der Waals surface area contributed by atoms with Crippen molar-refractivity contribution < 1.29 is 9.15 Å². The monoisotopic (exact) mass is 779 g/mol. The van der Waals surface area contributed by atoms with Gasteiger partial charge in [0.05, 0.1) is 17.1 Å². The Labute approximate surface area is 354 Å². The fraction of sp³-hybridized carbons (Fsp3) is 0.0175. The molecule has 4 heteroatoms. The van der Waals surface area contributed by atoms with Crippen LogP contribution in [0.4, 0.5) is 17.1 Å². The van der Waals surface area contributed by atoms with Gasteiger partial charge < -0.3 is 14.1 Å². The molecular formula is C57H38BNO2. The van der Waals surface area contributed by atoms with Crippen molar-refractivity contribution in [3.63, 3.8) is 0 Å². The van der Waals surface area contributed by atoms with Crippen LogP contribution < -0.4 is 26.0 Å². The average molecular weight is 780 g/mol. The first kappa shape index (κ1) is 35.2. The smallest absolute Gasteiger partial charge is 0.243 e. The molecule has 0 amide bonds. The summed E-state index contributed by atoms with van der Waals surface area (Å²) in [6.07, 6.45) is 0. The molecule has 2 heterocycles. The van der Waals surface area contributed by atoms with Gasteiger partial charge in [0, 0.05) is 33.4 Å². The number of rotatable bonds is 7. The SMILES string of the molecule is Cc1ccccc1B(c1cccc2ccccc12)c1ccc2c3c(cccc13)Oc1cc(N(c3ccccc3-c3ccccc3)c3cccc4c3oc3ccccc34)ccc1-2. The first-order valence-corrected chi connectivity index (χ1v) is 21.0. The Morgan fingerprint density at radius 1 is 0.426 bits per heavy atom. The van der Waals surface area contributed by atoms with Crippen LogP contribution in [0.25, 0.3) is 65.7 Å². The van der Waals surface area contributed by atoms with Crippen molar-refractivity contribution in [2.75, 3.05) is 4.90 Å². The van der Waals surface area contributed by atoms with E-state index in [1.165, 1.54) is 43.7 Å². The lowest BCUT2D eigenvalue weighted by atomic mass is 9.35. The maximum atomic E-state index is 7.05. The second-order valence-electron chi connectivity index (χ2n) is 16.0. The molecule has 61 heavy (non-hydrogen) atoms. The van der Waals surface area contributed by atoms with Gasteiger partial charge in [-0.2, -0.15) is 0 Å². The molecule has 0 atom stereocenters. The normalized spacial score (nSPS) is 11.8. The van der Waals surface area contributed by atoms with Gasteiger partial charge in [-0.15, -0.1) is 0 Å². The minimum absolute atomic E-state index is 0.0135. The topological polar surface area (TPSA) is 25.6 Å². The fourth-order valence-electron chi connectivity index (χ4n) is 9.79. The van der Waals surface area contributed by atoms with E-state index in [1.54, 1.807) is 0 Å². The summed E-state index contributed by atoms with van der Waals surface area (Å²) in [5.41, 5.74) is 14.3. The Balaban J connectivity index is 1.05. The van der Waals surface area contributed by atoms with Crippen LogP contribution in [-0.4, -0.2) is 6.71 Å². The first-order valence-electron chi connectivity index (χ1n) is 21.0. The standard InChI is InChI=1S/C57H38BNO2/c1-37-16-5-10-26-48(37)58(49-27-13-20-38-19-6-7-21-41(38)49)50-35-34-45-44-33-32-40(36-55(44)60-54-31-15-25-47(50)56(45)54)59(51-28-11-8-22-42(51)39-17-3-2-4-18-39)52-29-14-24-46-43-23-9-12-30-53(43)61-57(46)52/h2-36H,1H3. The second kappa shape index (κ2) is 14.2. The summed E-state index contributed by atoms with van der Waals surface area (Å²) in [4.78, 5) is 2.33. The minimum atomic E-state index is 0.0135. The van der Waals surface area contributed by atoms with Gasteiger partial charge in [0.15, 0.2) is 5.58 Å². The number of ether oxygens (including phenoxy) is 1. The number of anilines is 3. The first-order chi connectivity index (χ1) is 30.2. The van der Waals surface area contributed by atoms with Crippen LogP contribution in [0.2, 0.25) is 0 Å². The average Bonchev–Trinajstić information content (AvgIpc) is 3.70. The summed E-state index contributed by atoms with van der Waals surface area (Å²) in [5, 5.41) is 7.02. The van der Waals surface area contributed by atoms with Crippen LogP contribution in [0, 0.1) is 6.92 Å². The third-order valence-electron chi connectivity index (χ3n) is 12.6. The van der Waals surface area contributed by atoms with Crippen LogP contribution in [-0.2, 0) is 0 Å². The zero-order valence-corrected chi connectivity index (χ0v) is 33.5. The molecule has 286 valence electrons. The van der Waals surface area contributed by atoms with Crippen molar-refractivity contribution in [3.8, 4) is 33.8 Å². The number of fused-ring (bicyclic) bond motifs is 6. The van der Waals surface area contributed by atoms with E-state index in [2.05, 4.69) is 212 Å². The summed E-state index contributed by atoms with van der Waals surface area (Å²) in [5.74, 6) is 1.67. The number of nitrogens with zero attached hydrogens (tertiary/aromatic N) is 1. The Morgan fingerprint density at radius 3 is 2.00 bits per heavy atom. The number of benzene rings is 10. The Morgan fingerprint density at radius 2 is 1.08 bits per heavy atom. The van der Waals surface area contributed by atoms with E-state index in [-0.39, 0.29) is 6.71 Å². The molecule has 1 aliphatic heterocycles. The molecule has 0 unspecified atom stereocenters. The lowest BCUT2D eigenvalue weighted by Gasteiger charge is -2.30. The van der Waals surface area contributed by atoms with Crippen molar-refractivity contribution in [2.24, 2.45) is 0 Å². The van der Waals surface area contributed by atoms with Crippen LogP contribution in [0.1, 0.15) is 5.56 Å². The van der Waals surface area contributed by atoms with Crippen LogP contribution in [0.3, 0.4) is 0 Å². The Hall–Kier alpha value is -7.82. The maximum absolute atomic E-state index is 7.05. The van der Waals surface area contributed by atoms with E-state index >= 15 is 0 Å². The molecule has 0 spiro atoms. The zero-order chi connectivity index (χ0) is 40.4. The van der Waals surface area contributed by atoms with Crippen molar-refractivity contribution in [2.45, 2.75) is 6.92 Å². The van der Waals surface area contributed by atoms with Gasteiger partial charge in [-0.05, 0) is 70.6 Å². The highest BCUT2D eigenvalue weighted by molar-refractivity contribution is 6.98. The van der Waals surface area contributed by atoms with Gasteiger partial charge in [0.1, 0.15) is 17.1 Å². The fourth-order valence-corrected chi connectivity index (χ4v) is 9.79. The van der Waals surface area contributed by atoms with Crippen molar-refractivity contribution in [1.29, 1.82) is 0 Å². The van der Waals surface area contributed by atoms with Gasteiger partial charge in [0.2, 0.25) is 6.71 Å². The number of furan rings is 1. The Bertz CT molecular complexity index is 3490. The molecule has 1 aromatic heterocycles. The van der Waals surface area contributed by atoms with Gasteiger partial charge >= 0.3 is 0 Å². The maximum Gasteiger partial charge on any atom is 0.243 e. The number of aryl methyl sites for hydroxylation is 1. The van der Waals surface area contributed by atoms with Crippen molar-refractivity contribution in [3.05, 3.63) is 218 Å². The van der Waals surface area contributed by atoms with Gasteiger partial charge in [-0.1, -0.05) is 192 Å². The highest BCUT2D eigenvalue weighted by atomic mass is 16.5. The minimum Gasteiger partial charge on any atom is -0.456 e. The summed E-state index contributed by atoms with van der Waals surface area (Å²) < 4.78 is 13.8. The molecular weight excluding hydrogens is 741 g/mol. The number of hydrogen-bond donors (Lipinski definition) is 0. The van der Waals surface area contributed by atoms with Crippen LogP contribution in [0.15, 0.2) is 217 Å². The molecule has 3 nitrogen and oxygen atoms in total. The lowest BCUT2D eigenvalue weighted by Crippen LogP contribution is -2.53. The summed E-state index contributed by atoms with van der Waals surface area (Å²) in [7, 11) is 0. The molecule has 10 aromatic carbocycles. The molecule has 0 saturated heterocycles. The predicted molar refractivity (Wildman–Crippen MR) is 257 cm³/mol. The number of para-hydroxylation sites is 3. The molecule has 0 aliphatic carbocycles. The van der Waals surface area contributed by atoms with E-state index in [4.69, 9.17) is 9.15 Å². The van der Waals surface area contributed by atoms with E-state index in [9.17, 15) is 0 Å². The van der Waals surface area contributed by atoms with Crippen molar-refractivity contribution >= 4 is 83.6 Å². The molecule has 1 aliphatic rings. The third-order valence-corrected chi connectivity index (χ3v) is 12.6. The van der Waals surface area contributed by atoms with E-state index < -0.39 is 0 Å². The molecule has 12 rings (SSSR count). The summed E-state index contributed by atoms with van der Waals surface area (Å²) >= 11 is 0. The molecule has 0 N–H and O–H groups in total. The molecule has 0 fully saturated rings. The Kier molecular flexibility index (Phi) is 8.17. The number of hydrogen-bond acceptors (Lipinski definition) is 3. The van der Waals surface area contributed by atoms with Gasteiger partial charge in [-0.3, -0.25) is 0 Å². The van der Waals surface area contributed by atoms with Gasteiger partial charge in [-0.25, -0.2) is 0 Å². The molecule has 11 aromatic rings. The zero-order valence-electron chi connectivity index (χ0n) is 33.5. The lowest BCUT2D eigenvalue weighted by molar-refractivity contribution is 0.487. The molecule has 0 saturated carbocycles. The second-order valence-corrected chi connectivity index (χ2v) is 16.0. The summed E-state index contributed by atoms with van der Waals surface area (Å²) in [6, 6.07) is 76.0. The predicted octanol–water partition coefficient (Wildman–Crippen LogP) is 13.6. The quantitative estimate of drug-likeness (QED) is 0.151. The highest BCUT2D eigenvalue weighted by Crippen LogP contribution is 2.50.